The number of benzene rings is 1. The molecule has 2 aromatic rings. The van der Waals surface area contributed by atoms with E-state index in [-0.39, 0.29) is 23.7 Å². The number of carbonyl (C=O) groups is 3. The number of nitrogens with zero attached hydrogens (tertiary/aromatic N) is 2. The zero-order valence-corrected chi connectivity index (χ0v) is 21.9. The maximum Gasteiger partial charge on any atom is 0.251 e. The lowest BCUT2D eigenvalue weighted by Gasteiger charge is -2.40. The molecule has 1 unspecified atom stereocenters. The predicted molar refractivity (Wildman–Crippen MR) is 144 cm³/mol. The van der Waals surface area contributed by atoms with Gasteiger partial charge in [-0.05, 0) is 81.2 Å². The van der Waals surface area contributed by atoms with Gasteiger partial charge in [0.25, 0.3) is 11.8 Å². The number of anilines is 2. The van der Waals surface area contributed by atoms with E-state index < -0.39 is 5.91 Å². The summed E-state index contributed by atoms with van der Waals surface area (Å²) in [5.41, 5.74) is 8.59. The molecule has 8 nitrogen and oxygen atoms in total. The van der Waals surface area contributed by atoms with E-state index in [2.05, 4.69) is 34.4 Å². The zero-order chi connectivity index (χ0) is 26.3. The lowest BCUT2D eigenvalue weighted by molar-refractivity contribution is 0.0923. The van der Waals surface area contributed by atoms with Crippen molar-refractivity contribution in [2.45, 2.75) is 77.4 Å². The molecule has 2 bridgehead atoms. The Morgan fingerprint density at radius 3 is 2.32 bits per heavy atom. The van der Waals surface area contributed by atoms with Crippen LogP contribution in [0.2, 0.25) is 0 Å². The van der Waals surface area contributed by atoms with E-state index in [4.69, 9.17) is 5.73 Å². The van der Waals surface area contributed by atoms with Crippen LogP contribution in [0.25, 0.3) is 0 Å². The van der Waals surface area contributed by atoms with Crippen molar-refractivity contribution in [1.29, 1.82) is 0 Å². The highest BCUT2D eigenvalue weighted by Gasteiger charge is 2.42. The highest BCUT2D eigenvalue weighted by molar-refractivity contribution is 6.03. The average Bonchev–Trinajstić information content (AvgIpc) is 3.67. The fourth-order valence-corrected chi connectivity index (χ4v) is 5.81. The summed E-state index contributed by atoms with van der Waals surface area (Å²) in [6.45, 7) is 6.67. The first-order chi connectivity index (χ1) is 17.7. The first-order valence-corrected chi connectivity index (χ1v) is 13.5. The number of primary amides is 1. The summed E-state index contributed by atoms with van der Waals surface area (Å²) >= 11 is 0. The van der Waals surface area contributed by atoms with Gasteiger partial charge in [-0.15, -0.1) is 0 Å². The van der Waals surface area contributed by atoms with Crippen molar-refractivity contribution in [1.82, 2.24) is 10.3 Å². The summed E-state index contributed by atoms with van der Waals surface area (Å²) in [5, 5.41) is 6.53. The summed E-state index contributed by atoms with van der Waals surface area (Å²) in [5.74, 6) is 1.07. The summed E-state index contributed by atoms with van der Waals surface area (Å²) < 4.78 is 0. The molecule has 1 aliphatic carbocycles. The minimum Gasteiger partial charge on any atom is -0.384 e. The van der Waals surface area contributed by atoms with Crippen molar-refractivity contribution in [2.75, 3.05) is 16.8 Å². The number of pyridine rings is 1. The number of piperidine rings is 1. The second kappa shape index (κ2) is 10.1. The molecule has 0 radical (unpaired) electrons. The quantitative estimate of drug-likeness (QED) is 0.444. The molecular weight excluding hydrogens is 466 g/mol. The van der Waals surface area contributed by atoms with E-state index in [1.54, 1.807) is 18.3 Å². The summed E-state index contributed by atoms with van der Waals surface area (Å²) in [4.78, 5) is 44.7. The summed E-state index contributed by atoms with van der Waals surface area (Å²) in [7, 11) is 0. The van der Waals surface area contributed by atoms with E-state index in [9.17, 15) is 14.4 Å². The Bertz CT molecular complexity index is 1190. The van der Waals surface area contributed by atoms with Crippen LogP contribution in [0.1, 0.15) is 89.0 Å². The largest absolute Gasteiger partial charge is 0.384 e. The van der Waals surface area contributed by atoms with Crippen molar-refractivity contribution in [3.05, 3.63) is 52.7 Å². The van der Waals surface area contributed by atoms with Crippen molar-refractivity contribution >= 4 is 29.1 Å². The minimum atomic E-state index is -0.510. The number of hydrogen-bond donors (Lipinski definition) is 3. The maximum absolute atomic E-state index is 13.3. The normalized spacial score (nSPS) is 22.7. The number of rotatable bonds is 9. The second-order valence-electron chi connectivity index (χ2n) is 11.3. The molecule has 3 fully saturated rings. The number of hydrogen-bond acceptors (Lipinski definition) is 6. The van der Waals surface area contributed by atoms with Gasteiger partial charge in [-0.2, -0.15) is 0 Å². The Hall–Kier alpha value is -3.42. The molecule has 2 saturated heterocycles. The van der Waals surface area contributed by atoms with Crippen LogP contribution in [0.3, 0.4) is 0 Å². The Morgan fingerprint density at radius 2 is 1.76 bits per heavy atom. The van der Waals surface area contributed by atoms with Crippen molar-refractivity contribution in [3.63, 3.8) is 0 Å². The predicted octanol–water partition coefficient (Wildman–Crippen LogP) is 4.08. The van der Waals surface area contributed by atoms with E-state index in [1.165, 1.54) is 0 Å². The number of nitrogens with two attached hydrogens (primary N) is 1. The molecule has 1 aromatic carbocycles. The van der Waals surface area contributed by atoms with Crippen LogP contribution in [0.15, 0.2) is 30.5 Å². The average molecular weight is 504 g/mol. The lowest BCUT2D eigenvalue weighted by atomic mass is 9.95. The standard InChI is InChI=1S/C29H37N5O3/c1-16(2)14-31-25-13-23(17(3)10-24(25)28(30)36)29(37)33-20-11-21-7-8-22(12-20)34(21)26-9-6-19(15-32-26)27(35)18-4-5-18/h6,9-10,13,15-16,18,20-22,31H,4-5,7-8,11-12,14H2,1-3H3,(H2,30,36)(H,33,37)/t20?,21-,22+. The highest BCUT2D eigenvalue weighted by atomic mass is 16.2. The van der Waals surface area contributed by atoms with E-state index >= 15 is 0 Å². The third-order valence-corrected chi connectivity index (χ3v) is 7.89. The number of ketones is 1. The van der Waals surface area contributed by atoms with Crippen molar-refractivity contribution in [2.24, 2.45) is 17.6 Å². The number of aryl methyl sites for hydroxylation is 1. The Morgan fingerprint density at radius 1 is 1.05 bits per heavy atom. The lowest BCUT2D eigenvalue weighted by Crippen LogP contribution is -2.50. The molecule has 3 aliphatic rings. The van der Waals surface area contributed by atoms with Gasteiger partial charge in [0, 0.05) is 53.6 Å². The first kappa shape index (κ1) is 25.2. The van der Waals surface area contributed by atoms with Crippen LogP contribution in [-0.4, -0.2) is 47.3 Å². The highest BCUT2D eigenvalue weighted by Crippen LogP contribution is 2.39. The van der Waals surface area contributed by atoms with Gasteiger partial charge in [-0.3, -0.25) is 14.4 Å². The molecule has 3 heterocycles. The molecule has 0 spiro atoms. The minimum absolute atomic E-state index is 0.0688. The van der Waals surface area contributed by atoms with Gasteiger partial charge in [-0.1, -0.05) is 13.8 Å². The van der Waals surface area contributed by atoms with Gasteiger partial charge in [0.1, 0.15) is 5.82 Å². The fraction of sp³-hybridized carbons (Fsp3) is 0.517. The number of Topliss-reactive ketones (excluding diaryl/α,β-unsaturated/α-hetero) is 1. The number of carbonyl (C=O) groups excluding carboxylic acids is 3. The maximum atomic E-state index is 13.3. The van der Waals surface area contributed by atoms with Gasteiger partial charge < -0.3 is 21.3 Å². The number of amides is 2. The molecule has 2 amide bonds. The monoisotopic (exact) mass is 503 g/mol. The zero-order valence-electron chi connectivity index (χ0n) is 21.9. The van der Waals surface area contributed by atoms with Gasteiger partial charge in [0.05, 0.1) is 5.56 Å². The molecule has 1 saturated carbocycles. The molecule has 3 atom stereocenters. The van der Waals surface area contributed by atoms with Gasteiger partial charge in [0.2, 0.25) is 0 Å². The van der Waals surface area contributed by atoms with Crippen LogP contribution in [-0.2, 0) is 0 Å². The van der Waals surface area contributed by atoms with Gasteiger partial charge in [-0.25, -0.2) is 4.98 Å². The molecule has 196 valence electrons. The van der Waals surface area contributed by atoms with E-state index in [1.807, 2.05) is 19.1 Å². The molecule has 5 rings (SSSR count). The van der Waals surface area contributed by atoms with Crippen molar-refractivity contribution < 1.29 is 14.4 Å². The van der Waals surface area contributed by atoms with Gasteiger partial charge in [0.15, 0.2) is 5.78 Å². The number of aromatic nitrogens is 1. The summed E-state index contributed by atoms with van der Waals surface area (Å²) in [6, 6.07) is 8.04. The van der Waals surface area contributed by atoms with Gasteiger partial charge >= 0.3 is 0 Å². The van der Waals surface area contributed by atoms with Crippen LogP contribution < -0.4 is 21.3 Å². The van der Waals surface area contributed by atoms with Crippen LogP contribution in [0, 0.1) is 18.8 Å². The van der Waals surface area contributed by atoms with E-state index in [0.717, 1.165) is 49.9 Å². The van der Waals surface area contributed by atoms with E-state index in [0.29, 0.717) is 46.9 Å². The SMILES string of the molecule is Cc1cc(C(N)=O)c(NCC(C)C)cc1C(=O)NC1C[C@H]2CC[C@@H](C1)N2c1ccc(C(=O)C2CC2)cn1. The topological polar surface area (TPSA) is 117 Å². The smallest absolute Gasteiger partial charge is 0.251 e. The third-order valence-electron chi connectivity index (χ3n) is 7.89. The molecule has 1 aromatic heterocycles. The first-order valence-electron chi connectivity index (χ1n) is 13.5. The van der Waals surface area contributed by atoms with Crippen LogP contribution >= 0.6 is 0 Å². The molecular formula is C29H37N5O3. The second-order valence-corrected chi connectivity index (χ2v) is 11.3. The fourth-order valence-electron chi connectivity index (χ4n) is 5.81. The van der Waals surface area contributed by atoms with Crippen LogP contribution in [0.5, 0.6) is 0 Å². The van der Waals surface area contributed by atoms with Crippen molar-refractivity contribution in [3.8, 4) is 0 Å². The number of nitrogens with one attached hydrogen (secondary N) is 2. The Balaban J connectivity index is 1.26. The summed E-state index contributed by atoms with van der Waals surface area (Å²) in [6.07, 6.45) is 7.55. The molecule has 4 N–H and O–H groups in total. The number of fused-ring (bicyclic) bond motifs is 2. The van der Waals surface area contributed by atoms with Crippen LogP contribution in [0.4, 0.5) is 11.5 Å². The Kier molecular flexibility index (Phi) is 6.92. The molecule has 37 heavy (non-hydrogen) atoms. The molecule has 8 heteroatoms. The third kappa shape index (κ3) is 5.33. The Labute approximate surface area is 218 Å². The molecule has 2 aliphatic heterocycles.